The maximum atomic E-state index is 5.66. The molecule has 98 valence electrons. The molecule has 18 heavy (non-hydrogen) atoms. The van der Waals surface area contributed by atoms with Gasteiger partial charge in [0.1, 0.15) is 0 Å². The lowest BCUT2D eigenvalue weighted by molar-refractivity contribution is 0.574. The van der Waals surface area contributed by atoms with Gasteiger partial charge in [0.15, 0.2) is 10.1 Å². The molecule has 2 heterocycles. The zero-order valence-electron chi connectivity index (χ0n) is 11.2. The standard InChI is InChI=1S/C11H17N5S2/c1-11(2,3)7-6(8-14-15-9(12)18-8)17-10(13-7)16(4)5/h1-5H3,(H2,12,15). The lowest BCUT2D eigenvalue weighted by atomic mass is 9.91. The Kier molecular flexibility index (Phi) is 3.29. The largest absolute Gasteiger partial charge is 0.374 e. The summed E-state index contributed by atoms with van der Waals surface area (Å²) in [6, 6.07) is 0. The lowest BCUT2D eigenvalue weighted by Gasteiger charge is -2.16. The fraction of sp³-hybridized carbons (Fsp3) is 0.545. The molecule has 0 saturated heterocycles. The van der Waals surface area contributed by atoms with Crippen LogP contribution in [0.25, 0.3) is 9.88 Å². The van der Waals surface area contributed by atoms with Crippen LogP contribution in [0.1, 0.15) is 26.5 Å². The second-order valence-electron chi connectivity index (χ2n) is 5.26. The molecular weight excluding hydrogens is 266 g/mol. The number of rotatable bonds is 2. The first-order chi connectivity index (χ1) is 8.29. The molecule has 0 bridgehead atoms. The fourth-order valence-electron chi connectivity index (χ4n) is 1.48. The summed E-state index contributed by atoms with van der Waals surface area (Å²) in [5.41, 5.74) is 6.68. The zero-order valence-corrected chi connectivity index (χ0v) is 12.8. The maximum absolute atomic E-state index is 5.66. The third kappa shape index (κ3) is 2.46. The van der Waals surface area contributed by atoms with Gasteiger partial charge in [-0.1, -0.05) is 43.4 Å². The van der Waals surface area contributed by atoms with Crippen molar-refractivity contribution in [2.24, 2.45) is 0 Å². The molecule has 0 aliphatic rings. The van der Waals surface area contributed by atoms with Crippen LogP contribution in [0.3, 0.4) is 0 Å². The third-order valence-corrected chi connectivity index (χ3v) is 4.47. The molecular formula is C11H17N5S2. The highest BCUT2D eigenvalue weighted by Gasteiger charge is 2.26. The van der Waals surface area contributed by atoms with Crippen molar-refractivity contribution in [2.45, 2.75) is 26.2 Å². The Morgan fingerprint density at radius 1 is 1.11 bits per heavy atom. The Morgan fingerprint density at radius 3 is 2.22 bits per heavy atom. The summed E-state index contributed by atoms with van der Waals surface area (Å²) in [5.74, 6) is 0. The van der Waals surface area contributed by atoms with Gasteiger partial charge in [0.25, 0.3) is 0 Å². The van der Waals surface area contributed by atoms with Crippen molar-refractivity contribution in [1.82, 2.24) is 15.2 Å². The van der Waals surface area contributed by atoms with Gasteiger partial charge in [-0.15, -0.1) is 10.2 Å². The molecule has 0 fully saturated rings. The summed E-state index contributed by atoms with van der Waals surface area (Å²) in [7, 11) is 3.98. The molecule has 2 aromatic heterocycles. The maximum Gasteiger partial charge on any atom is 0.203 e. The van der Waals surface area contributed by atoms with Gasteiger partial charge in [0, 0.05) is 19.5 Å². The molecule has 0 spiro atoms. The van der Waals surface area contributed by atoms with E-state index in [1.807, 2.05) is 19.0 Å². The molecule has 5 nitrogen and oxygen atoms in total. The van der Waals surface area contributed by atoms with Gasteiger partial charge in [0.05, 0.1) is 10.6 Å². The number of hydrogen-bond acceptors (Lipinski definition) is 7. The van der Waals surface area contributed by atoms with Crippen molar-refractivity contribution in [3.8, 4) is 9.88 Å². The van der Waals surface area contributed by atoms with Crippen LogP contribution in [-0.2, 0) is 5.41 Å². The Balaban J connectivity index is 2.58. The van der Waals surface area contributed by atoms with Crippen molar-refractivity contribution < 1.29 is 0 Å². The highest BCUT2D eigenvalue weighted by atomic mass is 32.1. The van der Waals surface area contributed by atoms with Crippen molar-refractivity contribution in [3.05, 3.63) is 5.69 Å². The predicted molar refractivity (Wildman–Crippen MR) is 78.5 cm³/mol. The molecule has 0 radical (unpaired) electrons. The van der Waals surface area contributed by atoms with E-state index in [4.69, 9.17) is 10.7 Å². The Hall–Kier alpha value is -1.21. The summed E-state index contributed by atoms with van der Waals surface area (Å²) < 4.78 is 0. The van der Waals surface area contributed by atoms with E-state index in [0.29, 0.717) is 5.13 Å². The van der Waals surface area contributed by atoms with E-state index >= 15 is 0 Å². The average Bonchev–Trinajstić information content (AvgIpc) is 2.81. The van der Waals surface area contributed by atoms with E-state index in [1.54, 1.807) is 11.3 Å². The van der Waals surface area contributed by atoms with E-state index in [-0.39, 0.29) is 5.41 Å². The van der Waals surface area contributed by atoms with E-state index in [9.17, 15) is 0 Å². The van der Waals surface area contributed by atoms with Crippen molar-refractivity contribution in [3.63, 3.8) is 0 Å². The third-order valence-electron chi connectivity index (χ3n) is 2.34. The molecule has 0 aromatic carbocycles. The first kappa shape index (κ1) is 13.2. The topological polar surface area (TPSA) is 67.9 Å². The molecule has 2 N–H and O–H groups in total. The Labute approximate surface area is 115 Å². The first-order valence-corrected chi connectivity index (χ1v) is 7.20. The number of nitrogen functional groups attached to an aromatic ring is 1. The van der Waals surface area contributed by atoms with Crippen molar-refractivity contribution >= 4 is 32.9 Å². The monoisotopic (exact) mass is 283 g/mol. The summed E-state index contributed by atoms with van der Waals surface area (Å²) in [4.78, 5) is 7.79. The van der Waals surface area contributed by atoms with Crippen LogP contribution in [0.5, 0.6) is 0 Å². The van der Waals surface area contributed by atoms with E-state index in [0.717, 1.165) is 20.7 Å². The van der Waals surface area contributed by atoms with Crippen molar-refractivity contribution in [1.29, 1.82) is 0 Å². The first-order valence-electron chi connectivity index (χ1n) is 5.57. The minimum atomic E-state index is -0.0273. The van der Waals surface area contributed by atoms with Crippen LogP contribution in [-0.4, -0.2) is 29.3 Å². The van der Waals surface area contributed by atoms with Crippen molar-refractivity contribution in [2.75, 3.05) is 24.7 Å². The van der Waals surface area contributed by atoms with Crippen LogP contribution in [0, 0.1) is 0 Å². The van der Waals surface area contributed by atoms with Gasteiger partial charge in [-0.3, -0.25) is 0 Å². The van der Waals surface area contributed by atoms with Crippen LogP contribution in [0.15, 0.2) is 0 Å². The summed E-state index contributed by atoms with van der Waals surface area (Å²) >= 11 is 3.03. The normalized spacial score (nSPS) is 11.8. The van der Waals surface area contributed by atoms with E-state index in [1.165, 1.54) is 11.3 Å². The second kappa shape index (κ2) is 4.47. The lowest BCUT2D eigenvalue weighted by Crippen LogP contribution is -2.14. The highest BCUT2D eigenvalue weighted by Crippen LogP contribution is 2.41. The molecule has 7 heteroatoms. The van der Waals surface area contributed by atoms with E-state index in [2.05, 4.69) is 31.0 Å². The van der Waals surface area contributed by atoms with Gasteiger partial charge < -0.3 is 10.6 Å². The number of hydrogen-bond donors (Lipinski definition) is 1. The molecule has 0 atom stereocenters. The molecule has 0 aliphatic carbocycles. The molecule has 0 aliphatic heterocycles. The summed E-state index contributed by atoms with van der Waals surface area (Å²) in [6.45, 7) is 6.44. The number of anilines is 2. The summed E-state index contributed by atoms with van der Waals surface area (Å²) in [5, 5.41) is 10.3. The van der Waals surface area contributed by atoms with Crippen LogP contribution in [0.2, 0.25) is 0 Å². The van der Waals surface area contributed by atoms with Crippen LogP contribution >= 0.6 is 22.7 Å². The predicted octanol–water partition coefficient (Wildman–Crippen LogP) is 2.61. The van der Waals surface area contributed by atoms with Gasteiger partial charge >= 0.3 is 0 Å². The molecule has 0 amide bonds. The van der Waals surface area contributed by atoms with Gasteiger partial charge in [-0.25, -0.2) is 4.98 Å². The van der Waals surface area contributed by atoms with Crippen LogP contribution < -0.4 is 10.6 Å². The minimum absolute atomic E-state index is 0.0273. The average molecular weight is 283 g/mol. The van der Waals surface area contributed by atoms with Gasteiger partial charge in [-0.2, -0.15) is 0 Å². The fourth-order valence-corrected chi connectivity index (χ4v) is 3.36. The second-order valence-corrected chi connectivity index (χ2v) is 7.25. The Morgan fingerprint density at radius 2 is 1.78 bits per heavy atom. The number of thiazole rings is 1. The number of nitrogens with two attached hydrogens (primary N) is 1. The van der Waals surface area contributed by atoms with Gasteiger partial charge in [-0.05, 0) is 0 Å². The quantitative estimate of drug-likeness (QED) is 0.917. The molecule has 0 unspecified atom stereocenters. The Bertz CT molecular complexity index is 550. The molecule has 2 aromatic rings. The minimum Gasteiger partial charge on any atom is -0.374 e. The highest BCUT2D eigenvalue weighted by molar-refractivity contribution is 7.25. The van der Waals surface area contributed by atoms with Gasteiger partial charge in [0.2, 0.25) is 5.13 Å². The SMILES string of the molecule is CN(C)c1nc(C(C)(C)C)c(-c2nnc(N)s2)s1. The van der Waals surface area contributed by atoms with Crippen LogP contribution in [0.4, 0.5) is 10.3 Å². The zero-order chi connectivity index (χ0) is 13.5. The smallest absolute Gasteiger partial charge is 0.203 e. The molecule has 2 rings (SSSR count). The summed E-state index contributed by atoms with van der Waals surface area (Å²) in [6.07, 6.45) is 0. The number of nitrogens with zero attached hydrogens (tertiary/aromatic N) is 4. The number of aromatic nitrogens is 3. The molecule has 0 saturated carbocycles. The van der Waals surface area contributed by atoms with E-state index < -0.39 is 0 Å².